The molecule has 1 aromatic carbocycles. The molecule has 0 bridgehead atoms. The summed E-state index contributed by atoms with van der Waals surface area (Å²) in [6.45, 7) is 0. The van der Waals surface area contributed by atoms with E-state index in [4.69, 9.17) is 0 Å². The summed E-state index contributed by atoms with van der Waals surface area (Å²) >= 11 is 0. The van der Waals surface area contributed by atoms with Crippen LogP contribution in [0.2, 0.25) is 0 Å². The predicted molar refractivity (Wildman–Crippen MR) is 48.5 cm³/mol. The number of benzene rings is 1. The summed E-state index contributed by atoms with van der Waals surface area (Å²) in [5.74, 6) is -2.21. The largest absolute Gasteiger partial charge is 0.415 e. The van der Waals surface area contributed by atoms with Gasteiger partial charge < -0.3 is 10.1 Å². The lowest BCUT2D eigenvalue weighted by molar-refractivity contribution is -0.135. The minimum atomic E-state index is -0.910. The van der Waals surface area contributed by atoms with Gasteiger partial charge in [0.2, 0.25) is 0 Å². The first-order valence-electron chi connectivity index (χ1n) is 4.52. The Morgan fingerprint density at radius 3 is 2.62 bits per heavy atom. The van der Waals surface area contributed by atoms with Crippen LogP contribution in [0.4, 0.5) is 13.6 Å². The number of nitrogens with one attached hydrogen (secondary N) is 1. The third-order valence-corrected chi connectivity index (χ3v) is 2.21. The summed E-state index contributed by atoms with van der Waals surface area (Å²) in [6, 6.07) is 2.12. The van der Waals surface area contributed by atoms with Gasteiger partial charge in [0, 0.05) is 12.5 Å². The molecule has 1 fully saturated rings. The molecule has 0 spiro atoms. The molecule has 1 saturated heterocycles. The molecule has 0 aliphatic carbocycles. The van der Waals surface area contributed by atoms with Gasteiger partial charge in [-0.25, -0.2) is 18.4 Å². The molecule has 84 valence electrons. The van der Waals surface area contributed by atoms with E-state index in [0.717, 1.165) is 12.1 Å². The SMILES string of the molecule is O=C1NC(Cc2ccc(F)cc2F)C(=O)O1. The normalized spacial score (nSPS) is 19.5. The summed E-state index contributed by atoms with van der Waals surface area (Å²) in [6.07, 6.45) is -0.908. The predicted octanol–water partition coefficient (Wildman–Crippen LogP) is 1.14. The molecular weight excluding hydrogens is 220 g/mol. The molecule has 1 aliphatic heterocycles. The van der Waals surface area contributed by atoms with Gasteiger partial charge in [-0.3, -0.25) is 0 Å². The van der Waals surface area contributed by atoms with E-state index in [1.807, 2.05) is 0 Å². The zero-order valence-electron chi connectivity index (χ0n) is 8.00. The highest BCUT2D eigenvalue weighted by atomic mass is 19.1. The van der Waals surface area contributed by atoms with Gasteiger partial charge in [-0.1, -0.05) is 6.07 Å². The average Bonchev–Trinajstić information content (AvgIpc) is 2.50. The van der Waals surface area contributed by atoms with Crippen LogP contribution in [0.15, 0.2) is 18.2 Å². The third kappa shape index (κ3) is 2.00. The van der Waals surface area contributed by atoms with E-state index >= 15 is 0 Å². The fourth-order valence-corrected chi connectivity index (χ4v) is 1.43. The number of ether oxygens (including phenoxy) is 1. The van der Waals surface area contributed by atoms with Gasteiger partial charge >= 0.3 is 12.1 Å². The van der Waals surface area contributed by atoms with Crippen molar-refractivity contribution in [3.05, 3.63) is 35.4 Å². The summed E-state index contributed by atoms with van der Waals surface area (Å²) in [5, 5.41) is 2.22. The molecule has 1 N–H and O–H groups in total. The lowest BCUT2D eigenvalue weighted by Gasteiger charge is -2.06. The van der Waals surface area contributed by atoms with Crippen LogP contribution in [0.5, 0.6) is 0 Å². The van der Waals surface area contributed by atoms with Gasteiger partial charge in [-0.05, 0) is 11.6 Å². The first kappa shape index (κ1) is 10.5. The van der Waals surface area contributed by atoms with Gasteiger partial charge in [-0.15, -0.1) is 0 Å². The molecular formula is C10H7F2NO3. The smallest absolute Gasteiger partial charge is 0.375 e. The molecule has 1 aliphatic rings. The molecule has 1 unspecified atom stereocenters. The Balaban J connectivity index is 2.15. The van der Waals surface area contributed by atoms with E-state index in [2.05, 4.69) is 10.1 Å². The number of carbonyl (C=O) groups is 2. The highest BCUT2D eigenvalue weighted by Crippen LogP contribution is 2.14. The highest BCUT2D eigenvalue weighted by Gasteiger charge is 2.32. The molecule has 4 nitrogen and oxygen atoms in total. The van der Waals surface area contributed by atoms with E-state index in [1.54, 1.807) is 0 Å². The van der Waals surface area contributed by atoms with Crippen LogP contribution in [0.1, 0.15) is 5.56 Å². The number of halogens is 2. The average molecular weight is 227 g/mol. The van der Waals surface area contributed by atoms with E-state index < -0.39 is 29.7 Å². The minimum absolute atomic E-state index is 0.0588. The zero-order valence-corrected chi connectivity index (χ0v) is 8.00. The van der Waals surface area contributed by atoms with Crippen molar-refractivity contribution >= 4 is 12.1 Å². The van der Waals surface area contributed by atoms with Gasteiger partial charge in [0.15, 0.2) is 0 Å². The second-order valence-electron chi connectivity index (χ2n) is 3.35. The van der Waals surface area contributed by atoms with Crippen molar-refractivity contribution in [3.8, 4) is 0 Å². The number of amides is 1. The Labute approximate surface area is 89.2 Å². The van der Waals surface area contributed by atoms with Crippen molar-refractivity contribution in [2.75, 3.05) is 0 Å². The number of hydrogen-bond acceptors (Lipinski definition) is 3. The Morgan fingerprint density at radius 2 is 2.06 bits per heavy atom. The minimum Gasteiger partial charge on any atom is -0.375 e. The Morgan fingerprint density at radius 1 is 1.31 bits per heavy atom. The molecule has 0 saturated carbocycles. The van der Waals surface area contributed by atoms with Crippen LogP contribution >= 0.6 is 0 Å². The van der Waals surface area contributed by atoms with Crippen molar-refractivity contribution in [3.63, 3.8) is 0 Å². The van der Waals surface area contributed by atoms with Gasteiger partial charge in [0.1, 0.15) is 17.7 Å². The Bertz CT molecular complexity index is 461. The van der Waals surface area contributed by atoms with E-state index in [1.165, 1.54) is 6.07 Å². The molecule has 1 amide bonds. The van der Waals surface area contributed by atoms with Gasteiger partial charge in [0.25, 0.3) is 0 Å². The molecule has 0 radical (unpaired) electrons. The van der Waals surface area contributed by atoms with E-state index in [0.29, 0.717) is 0 Å². The van der Waals surface area contributed by atoms with Crippen LogP contribution in [-0.2, 0) is 16.0 Å². The fraction of sp³-hybridized carbons (Fsp3) is 0.200. The molecule has 0 aromatic heterocycles. The van der Waals surface area contributed by atoms with Gasteiger partial charge in [-0.2, -0.15) is 0 Å². The number of esters is 1. The van der Waals surface area contributed by atoms with Crippen LogP contribution in [-0.4, -0.2) is 18.1 Å². The number of cyclic esters (lactones) is 2. The quantitative estimate of drug-likeness (QED) is 0.609. The maximum Gasteiger partial charge on any atom is 0.415 e. The summed E-state index contributed by atoms with van der Waals surface area (Å²) in [7, 11) is 0. The number of hydrogen-bond donors (Lipinski definition) is 1. The molecule has 6 heteroatoms. The first-order valence-corrected chi connectivity index (χ1v) is 4.52. The zero-order chi connectivity index (χ0) is 11.7. The monoisotopic (exact) mass is 227 g/mol. The molecule has 1 heterocycles. The van der Waals surface area contributed by atoms with Crippen molar-refractivity contribution < 1.29 is 23.1 Å². The summed E-state index contributed by atoms with van der Waals surface area (Å²) in [5.41, 5.74) is 0.144. The van der Waals surface area contributed by atoms with Crippen molar-refractivity contribution in [1.29, 1.82) is 0 Å². The van der Waals surface area contributed by atoms with Crippen LogP contribution in [0.3, 0.4) is 0 Å². The van der Waals surface area contributed by atoms with E-state index in [9.17, 15) is 18.4 Å². The second kappa shape index (κ2) is 3.88. The maximum absolute atomic E-state index is 13.2. The lowest BCUT2D eigenvalue weighted by atomic mass is 10.1. The second-order valence-corrected chi connectivity index (χ2v) is 3.35. The third-order valence-electron chi connectivity index (χ3n) is 2.21. The summed E-state index contributed by atoms with van der Waals surface area (Å²) in [4.78, 5) is 21.8. The van der Waals surface area contributed by atoms with Crippen molar-refractivity contribution in [2.24, 2.45) is 0 Å². The lowest BCUT2D eigenvalue weighted by Crippen LogP contribution is -2.31. The van der Waals surface area contributed by atoms with E-state index in [-0.39, 0.29) is 12.0 Å². The number of rotatable bonds is 2. The molecule has 16 heavy (non-hydrogen) atoms. The number of alkyl carbamates (subject to hydrolysis) is 1. The molecule has 1 aromatic rings. The number of carbonyl (C=O) groups excluding carboxylic acids is 2. The topological polar surface area (TPSA) is 55.4 Å². The molecule has 1 atom stereocenters. The van der Waals surface area contributed by atoms with Crippen LogP contribution in [0, 0.1) is 11.6 Å². The molecule has 2 rings (SSSR count). The summed E-state index contributed by atoms with van der Waals surface area (Å²) < 4.78 is 30.0. The highest BCUT2D eigenvalue weighted by molar-refractivity contribution is 5.95. The first-order chi connectivity index (χ1) is 7.56. The van der Waals surface area contributed by atoms with Crippen molar-refractivity contribution in [2.45, 2.75) is 12.5 Å². The van der Waals surface area contributed by atoms with Crippen LogP contribution < -0.4 is 5.32 Å². The Hall–Kier alpha value is -1.98. The maximum atomic E-state index is 13.2. The Kier molecular flexibility index (Phi) is 2.55. The van der Waals surface area contributed by atoms with Crippen molar-refractivity contribution in [1.82, 2.24) is 5.32 Å². The van der Waals surface area contributed by atoms with Crippen LogP contribution in [0.25, 0.3) is 0 Å². The fourth-order valence-electron chi connectivity index (χ4n) is 1.43. The standard InChI is InChI=1S/C10H7F2NO3/c11-6-2-1-5(7(12)4-6)3-8-9(14)16-10(15)13-8/h1-2,4,8H,3H2,(H,13,15). The van der Waals surface area contributed by atoms with Gasteiger partial charge in [0.05, 0.1) is 0 Å².